The van der Waals surface area contributed by atoms with Gasteiger partial charge in [0.1, 0.15) is 34.0 Å². The lowest BCUT2D eigenvalue weighted by atomic mass is 9.99. The van der Waals surface area contributed by atoms with E-state index in [1.54, 1.807) is 34.0 Å². The van der Waals surface area contributed by atoms with Gasteiger partial charge in [0, 0.05) is 33.0 Å². The van der Waals surface area contributed by atoms with E-state index in [4.69, 9.17) is 28.9 Å². The zero-order valence-electron chi connectivity index (χ0n) is 42.1. The summed E-state index contributed by atoms with van der Waals surface area (Å²) >= 11 is 5.28. The SMILES string of the molecule is CCCCC(CC)COc1cc(OCC(CC)CCCC)cc(-c2nc3c(-c4cccs4)sc(-c4cccs4)c3nc2-c2cc(OCC(CC)CCCC)cc(OCC(CC)CCCC)c2)c1. The van der Waals surface area contributed by atoms with Crippen molar-refractivity contribution < 1.29 is 18.9 Å². The van der Waals surface area contributed by atoms with E-state index in [-0.39, 0.29) is 0 Å². The van der Waals surface area contributed by atoms with Gasteiger partial charge in [-0.3, -0.25) is 0 Å². The molecule has 0 amide bonds. The van der Waals surface area contributed by atoms with Crippen molar-refractivity contribution in [3.63, 3.8) is 0 Å². The van der Waals surface area contributed by atoms with Crippen LogP contribution >= 0.6 is 34.0 Å². The van der Waals surface area contributed by atoms with Crippen LogP contribution in [0.15, 0.2) is 71.4 Å². The minimum Gasteiger partial charge on any atom is -0.493 e. The largest absolute Gasteiger partial charge is 0.493 e. The predicted octanol–water partition coefficient (Wildman–Crippen LogP) is 18.9. The highest BCUT2D eigenvalue weighted by atomic mass is 32.1. The Morgan fingerprint density at radius 1 is 0.433 bits per heavy atom. The highest BCUT2D eigenvalue weighted by Crippen LogP contribution is 2.48. The fourth-order valence-corrected chi connectivity index (χ4v) is 11.6. The lowest BCUT2D eigenvalue weighted by molar-refractivity contribution is 0.223. The second-order valence-corrected chi connectivity index (χ2v) is 21.5. The van der Waals surface area contributed by atoms with Crippen LogP contribution in [-0.2, 0) is 0 Å². The maximum absolute atomic E-state index is 6.79. The van der Waals surface area contributed by atoms with Crippen LogP contribution in [0, 0.1) is 23.7 Å². The second kappa shape index (κ2) is 27.9. The third-order valence-corrected chi connectivity index (χ3v) is 16.7. The standard InChI is InChI=1S/C58H80N2O4S3/c1-9-17-23-41(13-5)37-61-47-31-45(32-48(35-47)62-38-42(14-6)24-18-10-2)53-54(60-56-55(59-53)57(51-27-21-29-65-51)67-58(56)52-28-22-30-66-52)46-33-49(63-39-43(15-7)25-19-11-3)36-50(34-46)64-40-44(16-8)26-20-12-4/h21-22,27-36,41-44H,9-20,23-26,37-40H2,1-8H3. The number of hydrogen-bond acceptors (Lipinski definition) is 9. The normalized spacial score (nSPS) is 13.4. The lowest BCUT2D eigenvalue weighted by Gasteiger charge is -2.20. The van der Waals surface area contributed by atoms with Gasteiger partial charge in [0.15, 0.2) is 0 Å². The number of unbranched alkanes of at least 4 members (excludes halogenated alkanes) is 4. The van der Waals surface area contributed by atoms with Crippen LogP contribution in [0.25, 0.3) is 53.1 Å². The van der Waals surface area contributed by atoms with Gasteiger partial charge in [0.25, 0.3) is 0 Å². The number of fused-ring (bicyclic) bond motifs is 1. The van der Waals surface area contributed by atoms with E-state index in [2.05, 4.69) is 127 Å². The van der Waals surface area contributed by atoms with E-state index >= 15 is 0 Å². The van der Waals surface area contributed by atoms with Gasteiger partial charge < -0.3 is 18.9 Å². The van der Waals surface area contributed by atoms with Crippen LogP contribution in [0.3, 0.4) is 0 Å². The smallest absolute Gasteiger partial charge is 0.123 e. The number of benzene rings is 2. The highest BCUT2D eigenvalue weighted by molar-refractivity contribution is 7.27. The van der Waals surface area contributed by atoms with E-state index < -0.39 is 0 Å². The second-order valence-electron chi connectivity index (χ2n) is 18.6. The van der Waals surface area contributed by atoms with Crippen molar-refractivity contribution in [2.75, 3.05) is 26.4 Å². The average Bonchev–Trinajstić information content (AvgIpc) is 4.17. The number of hydrogen-bond donors (Lipinski definition) is 0. The molecule has 0 saturated heterocycles. The third kappa shape index (κ3) is 15.0. The molecule has 0 fully saturated rings. The number of ether oxygens (including phenoxy) is 4. The molecule has 0 spiro atoms. The first-order valence-electron chi connectivity index (χ1n) is 26.1. The molecule has 4 aromatic heterocycles. The molecule has 0 N–H and O–H groups in total. The van der Waals surface area contributed by atoms with Crippen molar-refractivity contribution in [3.05, 3.63) is 71.4 Å². The molecule has 4 unspecified atom stereocenters. The van der Waals surface area contributed by atoms with Crippen LogP contribution in [-0.4, -0.2) is 36.4 Å². The van der Waals surface area contributed by atoms with Crippen LogP contribution in [0.5, 0.6) is 23.0 Å². The molecule has 4 heterocycles. The number of thiophene rings is 3. The summed E-state index contributed by atoms with van der Waals surface area (Å²) in [6.45, 7) is 20.8. The summed E-state index contributed by atoms with van der Waals surface area (Å²) in [6.07, 6.45) is 18.5. The molecule has 6 aromatic rings. The van der Waals surface area contributed by atoms with Gasteiger partial charge >= 0.3 is 0 Å². The molecular weight excluding hydrogens is 885 g/mol. The van der Waals surface area contributed by atoms with Crippen LogP contribution in [0.1, 0.15) is 158 Å². The summed E-state index contributed by atoms with van der Waals surface area (Å²) in [7, 11) is 0. The van der Waals surface area contributed by atoms with Crippen molar-refractivity contribution in [2.24, 2.45) is 23.7 Å². The Balaban J connectivity index is 1.57. The van der Waals surface area contributed by atoms with Gasteiger partial charge in [-0.15, -0.1) is 34.0 Å². The molecule has 9 heteroatoms. The molecule has 0 aliphatic heterocycles. The van der Waals surface area contributed by atoms with Gasteiger partial charge in [-0.05, 0) is 96.5 Å². The van der Waals surface area contributed by atoms with Gasteiger partial charge in [-0.1, -0.05) is 145 Å². The molecule has 0 aliphatic carbocycles. The molecular formula is C58H80N2O4S3. The molecule has 4 atom stereocenters. The Hall–Kier alpha value is -3.92. The van der Waals surface area contributed by atoms with Crippen LogP contribution in [0.2, 0.25) is 0 Å². The van der Waals surface area contributed by atoms with Crippen molar-refractivity contribution in [1.82, 2.24) is 9.97 Å². The Morgan fingerprint density at radius 2 is 0.746 bits per heavy atom. The van der Waals surface area contributed by atoms with E-state index in [1.807, 2.05) is 0 Å². The fraction of sp³-hybridized carbons (Fsp3) is 0.552. The summed E-state index contributed by atoms with van der Waals surface area (Å²) in [4.78, 5) is 16.2. The van der Waals surface area contributed by atoms with Crippen molar-refractivity contribution in [1.29, 1.82) is 0 Å². The Kier molecular flexibility index (Phi) is 21.9. The summed E-state index contributed by atoms with van der Waals surface area (Å²) in [5.74, 6) is 5.15. The van der Waals surface area contributed by atoms with Gasteiger partial charge in [0.05, 0.1) is 47.6 Å². The number of nitrogens with zero attached hydrogens (tertiary/aromatic N) is 2. The maximum atomic E-state index is 6.79. The summed E-state index contributed by atoms with van der Waals surface area (Å²) in [6, 6.07) is 21.5. The van der Waals surface area contributed by atoms with Crippen molar-refractivity contribution >= 4 is 45.0 Å². The van der Waals surface area contributed by atoms with Crippen LogP contribution in [0.4, 0.5) is 0 Å². The van der Waals surface area contributed by atoms with Gasteiger partial charge in [-0.25, -0.2) is 9.97 Å². The van der Waals surface area contributed by atoms with E-state index in [1.165, 1.54) is 61.1 Å². The molecule has 6 nitrogen and oxygen atoms in total. The van der Waals surface area contributed by atoms with Gasteiger partial charge in [-0.2, -0.15) is 0 Å². The average molecular weight is 965 g/mol. The van der Waals surface area contributed by atoms with E-state index in [0.717, 1.165) is 118 Å². The Morgan fingerprint density at radius 3 is 1.00 bits per heavy atom. The number of rotatable bonds is 32. The fourth-order valence-electron chi connectivity index (χ4n) is 8.70. The highest BCUT2D eigenvalue weighted by Gasteiger charge is 2.25. The monoisotopic (exact) mass is 965 g/mol. The first-order valence-corrected chi connectivity index (χ1v) is 28.7. The quantitative estimate of drug-likeness (QED) is 0.0420. The molecule has 2 aromatic carbocycles. The minimum absolute atomic E-state index is 0.484. The predicted molar refractivity (Wildman–Crippen MR) is 290 cm³/mol. The molecule has 364 valence electrons. The molecule has 67 heavy (non-hydrogen) atoms. The van der Waals surface area contributed by atoms with E-state index in [9.17, 15) is 0 Å². The lowest BCUT2D eigenvalue weighted by Crippen LogP contribution is -2.13. The molecule has 6 rings (SSSR count). The first-order chi connectivity index (χ1) is 32.8. The summed E-state index contributed by atoms with van der Waals surface area (Å²) in [5.41, 5.74) is 5.24. The maximum Gasteiger partial charge on any atom is 0.123 e. The molecule has 0 bridgehead atoms. The van der Waals surface area contributed by atoms with E-state index in [0.29, 0.717) is 50.1 Å². The minimum atomic E-state index is 0.484. The molecule has 0 radical (unpaired) electrons. The summed E-state index contributed by atoms with van der Waals surface area (Å²) < 4.78 is 27.1. The number of aromatic nitrogens is 2. The van der Waals surface area contributed by atoms with Crippen molar-refractivity contribution in [3.8, 4) is 65.0 Å². The third-order valence-electron chi connectivity index (χ3n) is 13.4. The zero-order valence-corrected chi connectivity index (χ0v) is 44.6. The zero-order chi connectivity index (χ0) is 47.4. The van der Waals surface area contributed by atoms with Gasteiger partial charge in [0.2, 0.25) is 0 Å². The first kappa shape index (κ1) is 52.5. The Labute approximate surface area is 416 Å². The van der Waals surface area contributed by atoms with Crippen LogP contribution < -0.4 is 18.9 Å². The molecule has 0 saturated carbocycles. The summed E-state index contributed by atoms with van der Waals surface area (Å²) in [5, 5.41) is 4.30. The topological polar surface area (TPSA) is 62.7 Å². The molecule has 0 aliphatic rings. The van der Waals surface area contributed by atoms with Crippen molar-refractivity contribution in [2.45, 2.75) is 158 Å². The Bertz CT molecular complexity index is 2080.